The third kappa shape index (κ3) is 4.26. The highest BCUT2D eigenvalue weighted by molar-refractivity contribution is 7.92. The molecule has 0 radical (unpaired) electrons. The number of benzene rings is 3. The monoisotopic (exact) mass is 490 g/mol. The number of carbonyl (C=O) groups excluding carboxylic acids is 1. The molecule has 0 aliphatic heterocycles. The second-order valence-electron chi connectivity index (χ2n) is 8.11. The second kappa shape index (κ2) is 9.27. The summed E-state index contributed by atoms with van der Waals surface area (Å²) >= 11 is 0. The predicted molar refractivity (Wildman–Crippen MR) is 137 cm³/mol. The van der Waals surface area contributed by atoms with Gasteiger partial charge >= 0.3 is 0 Å². The molecule has 35 heavy (non-hydrogen) atoms. The fourth-order valence-electron chi connectivity index (χ4n) is 3.95. The second-order valence-corrected chi connectivity index (χ2v) is 10.1. The third-order valence-electron chi connectivity index (χ3n) is 6.03. The summed E-state index contributed by atoms with van der Waals surface area (Å²) in [6.07, 6.45) is 0. The molecular weight excluding hydrogens is 464 g/mol. The van der Waals surface area contributed by atoms with Crippen molar-refractivity contribution >= 4 is 27.3 Å². The van der Waals surface area contributed by atoms with Gasteiger partial charge in [0.1, 0.15) is 5.69 Å². The molecule has 0 aliphatic rings. The van der Waals surface area contributed by atoms with Crippen LogP contribution in [-0.4, -0.2) is 37.8 Å². The molecule has 180 valence electrons. The number of amides is 1. The van der Waals surface area contributed by atoms with Crippen LogP contribution in [0.15, 0.2) is 94.6 Å². The Balaban J connectivity index is 1.72. The number of sulfonamides is 1. The van der Waals surface area contributed by atoms with Crippen LogP contribution in [0.3, 0.4) is 0 Å². The van der Waals surface area contributed by atoms with Gasteiger partial charge in [-0.25, -0.2) is 13.1 Å². The van der Waals surface area contributed by atoms with Crippen molar-refractivity contribution < 1.29 is 13.2 Å². The summed E-state index contributed by atoms with van der Waals surface area (Å²) in [4.78, 5) is 27.7. The fourth-order valence-corrected chi connectivity index (χ4v) is 5.24. The number of carbonyl (C=O) groups is 1. The molecule has 0 spiro atoms. The Bertz CT molecular complexity index is 1540. The minimum atomic E-state index is -4.13. The molecule has 0 N–H and O–H groups in total. The lowest BCUT2D eigenvalue weighted by atomic mass is 10.2. The van der Waals surface area contributed by atoms with Crippen molar-refractivity contribution in [2.75, 3.05) is 23.3 Å². The minimum Gasteiger partial charge on any atom is -0.311 e. The molecule has 0 saturated heterocycles. The summed E-state index contributed by atoms with van der Waals surface area (Å²) in [5.74, 6) is -0.349. The summed E-state index contributed by atoms with van der Waals surface area (Å²) in [5.41, 5.74) is 1.59. The zero-order chi connectivity index (χ0) is 25.3. The number of aromatic nitrogens is 2. The minimum absolute atomic E-state index is 0.0366. The van der Waals surface area contributed by atoms with Crippen LogP contribution in [0.5, 0.6) is 0 Å². The van der Waals surface area contributed by atoms with Crippen molar-refractivity contribution in [3.63, 3.8) is 0 Å². The quantitative estimate of drug-likeness (QED) is 0.414. The van der Waals surface area contributed by atoms with Gasteiger partial charge < -0.3 is 4.90 Å². The Labute approximate surface area is 204 Å². The Morgan fingerprint density at radius 1 is 0.857 bits per heavy atom. The molecular formula is C26H26N4O4S. The molecule has 0 unspecified atom stereocenters. The van der Waals surface area contributed by atoms with Crippen LogP contribution in [0.2, 0.25) is 0 Å². The maximum atomic E-state index is 13.6. The maximum Gasteiger partial charge on any atom is 0.296 e. The van der Waals surface area contributed by atoms with Crippen LogP contribution in [0.25, 0.3) is 5.69 Å². The number of anilines is 2. The Morgan fingerprint density at radius 2 is 1.46 bits per heavy atom. The highest BCUT2D eigenvalue weighted by atomic mass is 32.2. The molecule has 0 atom stereocenters. The lowest BCUT2D eigenvalue weighted by molar-refractivity contribution is 0.0993. The first-order valence-corrected chi connectivity index (χ1v) is 12.3. The number of hydrogen-bond acceptors (Lipinski definition) is 4. The lowest BCUT2D eigenvalue weighted by Gasteiger charge is -2.20. The van der Waals surface area contributed by atoms with E-state index >= 15 is 0 Å². The van der Waals surface area contributed by atoms with E-state index in [0.29, 0.717) is 17.1 Å². The van der Waals surface area contributed by atoms with Gasteiger partial charge in [-0.15, -0.1) is 0 Å². The molecule has 1 amide bonds. The van der Waals surface area contributed by atoms with Crippen LogP contribution in [0.4, 0.5) is 11.4 Å². The maximum absolute atomic E-state index is 13.6. The van der Waals surface area contributed by atoms with E-state index in [4.69, 9.17) is 0 Å². The number of hydrogen-bond donors (Lipinski definition) is 0. The van der Waals surface area contributed by atoms with Crippen molar-refractivity contribution in [2.45, 2.75) is 11.8 Å². The van der Waals surface area contributed by atoms with E-state index in [1.54, 1.807) is 68.2 Å². The smallest absolute Gasteiger partial charge is 0.296 e. The third-order valence-corrected chi connectivity index (χ3v) is 7.78. The van der Waals surface area contributed by atoms with Gasteiger partial charge in [-0.3, -0.25) is 18.6 Å². The predicted octanol–water partition coefficient (Wildman–Crippen LogP) is 3.59. The van der Waals surface area contributed by atoms with Crippen LogP contribution in [0.1, 0.15) is 16.1 Å². The van der Waals surface area contributed by atoms with Gasteiger partial charge in [-0.2, -0.15) is 0 Å². The zero-order valence-corrected chi connectivity index (χ0v) is 20.7. The Hall–Kier alpha value is -4.11. The van der Waals surface area contributed by atoms with Crippen LogP contribution in [-0.2, 0) is 17.1 Å². The first-order valence-electron chi connectivity index (χ1n) is 10.9. The highest BCUT2D eigenvalue weighted by Crippen LogP contribution is 2.25. The fraction of sp³-hybridized carbons (Fsp3) is 0.154. The van der Waals surface area contributed by atoms with Crippen LogP contribution in [0, 0.1) is 6.92 Å². The van der Waals surface area contributed by atoms with Gasteiger partial charge in [0, 0.05) is 32.4 Å². The van der Waals surface area contributed by atoms with Gasteiger partial charge in [-0.1, -0.05) is 42.5 Å². The summed E-state index contributed by atoms with van der Waals surface area (Å²) in [7, 11) is 0.543. The van der Waals surface area contributed by atoms with E-state index in [1.807, 2.05) is 24.3 Å². The number of para-hydroxylation sites is 2. The van der Waals surface area contributed by atoms with Gasteiger partial charge in [0.15, 0.2) is 0 Å². The number of rotatable bonds is 6. The normalized spacial score (nSPS) is 11.3. The molecule has 4 aromatic rings. The molecule has 1 heterocycles. The topological polar surface area (TPSA) is 84.6 Å². The SMILES string of the molecule is Cc1c(N(C)S(=O)(=O)c2cccc(C(=O)N(C)c3ccccc3)c2)c(=O)n(-c2ccccc2)n1C. The summed E-state index contributed by atoms with van der Waals surface area (Å²) < 4.78 is 31.1. The van der Waals surface area contributed by atoms with E-state index in [2.05, 4.69) is 0 Å². The van der Waals surface area contributed by atoms with E-state index in [1.165, 1.54) is 34.8 Å². The van der Waals surface area contributed by atoms with Gasteiger partial charge in [0.2, 0.25) is 0 Å². The highest BCUT2D eigenvalue weighted by Gasteiger charge is 2.29. The molecule has 8 nitrogen and oxygen atoms in total. The average molecular weight is 491 g/mol. The van der Waals surface area contributed by atoms with Crippen molar-refractivity contribution in [3.05, 3.63) is 107 Å². The number of nitrogens with zero attached hydrogens (tertiary/aromatic N) is 4. The van der Waals surface area contributed by atoms with E-state index < -0.39 is 15.6 Å². The van der Waals surface area contributed by atoms with E-state index in [-0.39, 0.29) is 22.1 Å². The van der Waals surface area contributed by atoms with Crippen molar-refractivity contribution in [3.8, 4) is 5.69 Å². The van der Waals surface area contributed by atoms with Gasteiger partial charge in [0.25, 0.3) is 21.5 Å². The summed E-state index contributed by atoms with van der Waals surface area (Å²) in [5, 5.41) is 0. The summed E-state index contributed by atoms with van der Waals surface area (Å²) in [6, 6.07) is 23.9. The molecule has 0 fully saturated rings. The van der Waals surface area contributed by atoms with Crippen molar-refractivity contribution in [2.24, 2.45) is 7.05 Å². The standard InChI is InChI=1S/C26H26N4O4S/c1-19-24(26(32)30(28(19)3)22-15-9-6-10-16-22)29(4)35(33,34)23-17-11-12-20(18-23)25(31)27(2)21-13-7-5-8-14-21/h5-18H,1-4H3. The van der Waals surface area contributed by atoms with Crippen molar-refractivity contribution in [1.29, 1.82) is 0 Å². The van der Waals surface area contributed by atoms with Gasteiger partial charge in [-0.05, 0) is 49.4 Å². The first kappa shape index (κ1) is 24.0. The van der Waals surface area contributed by atoms with Crippen molar-refractivity contribution in [1.82, 2.24) is 9.36 Å². The molecule has 0 saturated carbocycles. The molecule has 4 rings (SSSR count). The molecule has 3 aromatic carbocycles. The summed E-state index contributed by atoms with van der Waals surface area (Å²) in [6.45, 7) is 1.69. The van der Waals surface area contributed by atoms with Crippen LogP contribution < -0.4 is 14.8 Å². The zero-order valence-electron chi connectivity index (χ0n) is 19.9. The van der Waals surface area contributed by atoms with E-state index in [0.717, 1.165) is 4.31 Å². The average Bonchev–Trinajstić information content (AvgIpc) is 3.11. The van der Waals surface area contributed by atoms with Gasteiger partial charge in [0.05, 0.1) is 16.3 Å². The molecule has 1 aromatic heterocycles. The first-order chi connectivity index (χ1) is 16.6. The largest absolute Gasteiger partial charge is 0.311 e. The Kier molecular flexibility index (Phi) is 6.36. The lowest BCUT2D eigenvalue weighted by Crippen LogP contribution is -2.32. The Morgan fingerprint density at radius 3 is 2.09 bits per heavy atom. The molecule has 0 aliphatic carbocycles. The van der Waals surface area contributed by atoms with E-state index in [9.17, 15) is 18.0 Å². The molecule has 9 heteroatoms. The molecule has 0 bridgehead atoms. The van der Waals surface area contributed by atoms with Crippen LogP contribution >= 0.6 is 0 Å².